The molecule has 0 aliphatic rings. The summed E-state index contributed by atoms with van der Waals surface area (Å²) < 4.78 is 10.7. The van der Waals surface area contributed by atoms with Gasteiger partial charge in [0.05, 0.1) is 0 Å². The van der Waals surface area contributed by atoms with Crippen LogP contribution in [0.4, 0.5) is 0 Å². The normalized spacial score (nSPS) is 10.4. The van der Waals surface area contributed by atoms with E-state index in [4.69, 9.17) is 9.47 Å². The zero-order valence-corrected chi connectivity index (χ0v) is 15.0. The smallest absolute Gasteiger partial charge is 0.311 e. The maximum atomic E-state index is 11.9. The molecular weight excluding hydrogens is 304 g/mol. The summed E-state index contributed by atoms with van der Waals surface area (Å²) >= 11 is 0. The molecule has 4 heteroatoms. The van der Waals surface area contributed by atoms with Gasteiger partial charge in [-0.1, -0.05) is 64.5 Å². The van der Waals surface area contributed by atoms with Crippen LogP contribution in [0.25, 0.3) is 0 Å². The van der Waals surface area contributed by atoms with E-state index >= 15 is 0 Å². The number of carbonyl (C=O) groups is 2. The Morgan fingerprint density at radius 2 is 1.12 bits per heavy atom. The van der Waals surface area contributed by atoms with E-state index < -0.39 is 0 Å². The minimum absolute atomic E-state index is 0.280. The molecule has 0 fully saturated rings. The van der Waals surface area contributed by atoms with Crippen molar-refractivity contribution in [2.75, 3.05) is 0 Å². The number of benzene rings is 1. The number of rotatable bonds is 12. The average Bonchev–Trinajstić information content (AvgIpc) is 2.57. The SMILES string of the molecule is CCCCCCC(=O)Oc1ccccc1OC(=O)CCCCCC. The van der Waals surface area contributed by atoms with Gasteiger partial charge in [0.15, 0.2) is 11.5 Å². The van der Waals surface area contributed by atoms with Gasteiger partial charge in [-0.15, -0.1) is 0 Å². The minimum Gasteiger partial charge on any atom is -0.423 e. The molecule has 0 heterocycles. The molecule has 4 nitrogen and oxygen atoms in total. The zero-order chi connectivity index (χ0) is 17.6. The highest BCUT2D eigenvalue weighted by atomic mass is 16.6. The topological polar surface area (TPSA) is 52.6 Å². The third kappa shape index (κ3) is 8.70. The number of hydrogen-bond donors (Lipinski definition) is 0. The van der Waals surface area contributed by atoms with E-state index in [0.717, 1.165) is 51.4 Å². The molecule has 0 aliphatic heterocycles. The van der Waals surface area contributed by atoms with Gasteiger partial charge in [0.25, 0.3) is 0 Å². The lowest BCUT2D eigenvalue weighted by atomic mass is 10.1. The Bertz CT molecular complexity index is 451. The third-order valence-electron chi connectivity index (χ3n) is 3.77. The van der Waals surface area contributed by atoms with Gasteiger partial charge in [-0.25, -0.2) is 0 Å². The van der Waals surface area contributed by atoms with Gasteiger partial charge in [0, 0.05) is 12.8 Å². The molecule has 24 heavy (non-hydrogen) atoms. The second-order valence-electron chi connectivity index (χ2n) is 6.02. The van der Waals surface area contributed by atoms with E-state index in [2.05, 4.69) is 13.8 Å². The summed E-state index contributed by atoms with van der Waals surface area (Å²) in [5.41, 5.74) is 0. The molecule has 0 atom stereocenters. The van der Waals surface area contributed by atoms with E-state index in [1.54, 1.807) is 24.3 Å². The predicted molar refractivity (Wildman–Crippen MR) is 95.2 cm³/mol. The largest absolute Gasteiger partial charge is 0.423 e. The van der Waals surface area contributed by atoms with Crippen LogP contribution in [0.3, 0.4) is 0 Å². The van der Waals surface area contributed by atoms with E-state index in [-0.39, 0.29) is 11.9 Å². The first kappa shape index (κ1) is 20.2. The Morgan fingerprint density at radius 1 is 0.708 bits per heavy atom. The summed E-state index contributed by atoms with van der Waals surface area (Å²) in [6.07, 6.45) is 8.99. The Balaban J connectivity index is 2.46. The molecule has 0 aromatic heterocycles. The summed E-state index contributed by atoms with van der Waals surface area (Å²) in [6, 6.07) is 6.84. The van der Waals surface area contributed by atoms with Crippen molar-refractivity contribution in [2.24, 2.45) is 0 Å². The van der Waals surface area contributed by atoms with E-state index in [1.165, 1.54) is 0 Å². The lowest BCUT2D eigenvalue weighted by molar-refractivity contribution is -0.137. The number of esters is 2. The molecule has 0 amide bonds. The number of unbranched alkanes of at least 4 members (excludes halogenated alkanes) is 6. The van der Waals surface area contributed by atoms with Crippen molar-refractivity contribution >= 4 is 11.9 Å². The maximum absolute atomic E-state index is 11.9. The second kappa shape index (κ2) is 12.6. The molecule has 0 saturated carbocycles. The van der Waals surface area contributed by atoms with E-state index in [0.29, 0.717) is 24.3 Å². The van der Waals surface area contributed by atoms with Crippen molar-refractivity contribution in [3.05, 3.63) is 24.3 Å². The third-order valence-corrected chi connectivity index (χ3v) is 3.77. The Labute approximate surface area is 145 Å². The van der Waals surface area contributed by atoms with Crippen LogP contribution in [-0.4, -0.2) is 11.9 Å². The molecule has 134 valence electrons. The highest BCUT2D eigenvalue weighted by molar-refractivity contribution is 5.76. The highest BCUT2D eigenvalue weighted by Gasteiger charge is 2.13. The Kier molecular flexibility index (Phi) is 10.6. The zero-order valence-electron chi connectivity index (χ0n) is 15.0. The Morgan fingerprint density at radius 3 is 1.50 bits per heavy atom. The fourth-order valence-corrected chi connectivity index (χ4v) is 2.36. The van der Waals surface area contributed by atoms with Gasteiger partial charge in [-0.05, 0) is 25.0 Å². The second-order valence-corrected chi connectivity index (χ2v) is 6.02. The lowest BCUT2D eigenvalue weighted by Gasteiger charge is -2.10. The van der Waals surface area contributed by atoms with Crippen molar-refractivity contribution in [1.29, 1.82) is 0 Å². The predicted octanol–water partition coefficient (Wildman–Crippen LogP) is 5.44. The van der Waals surface area contributed by atoms with Gasteiger partial charge in [-0.3, -0.25) is 9.59 Å². The van der Waals surface area contributed by atoms with Crippen molar-refractivity contribution in [1.82, 2.24) is 0 Å². The number of para-hydroxylation sites is 2. The first-order chi connectivity index (χ1) is 11.7. The van der Waals surface area contributed by atoms with Crippen molar-refractivity contribution in [3.8, 4) is 11.5 Å². The van der Waals surface area contributed by atoms with Crippen LogP contribution in [0.2, 0.25) is 0 Å². The van der Waals surface area contributed by atoms with Gasteiger partial charge < -0.3 is 9.47 Å². The number of carbonyl (C=O) groups excluding carboxylic acids is 2. The van der Waals surface area contributed by atoms with Gasteiger partial charge >= 0.3 is 11.9 Å². The molecule has 1 aromatic rings. The van der Waals surface area contributed by atoms with Crippen molar-refractivity contribution < 1.29 is 19.1 Å². The van der Waals surface area contributed by atoms with Gasteiger partial charge in [0.1, 0.15) is 0 Å². The summed E-state index contributed by atoms with van der Waals surface area (Å²) in [7, 11) is 0. The summed E-state index contributed by atoms with van der Waals surface area (Å²) in [5.74, 6) is 0.0786. The van der Waals surface area contributed by atoms with Gasteiger partial charge in [0.2, 0.25) is 0 Å². The number of hydrogen-bond acceptors (Lipinski definition) is 4. The van der Waals surface area contributed by atoms with Crippen LogP contribution in [-0.2, 0) is 9.59 Å². The fourth-order valence-electron chi connectivity index (χ4n) is 2.36. The van der Waals surface area contributed by atoms with E-state index in [9.17, 15) is 9.59 Å². The van der Waals surface area contributed by atoms with Crippen LogP contribution in [0, 0.1) is 0 Å². The molecule has 0 bridgehead atoms. The quantitative estimate of drug-likeness (QED) is 0.290. The first-order valence-electron chi connectivity index (χ1n) is 9.17. The van der Waals surface area contributed by atoms with Crippen LogP contribution < -0.4 is 9.47 Å². The Hall–Kier alpha value is -1.84. The standard InChI is InChI=1S/C20H30O4/c1-3-5-7-9-15-19(21)23-17-13-11-12-14-18(17)24-20(22)16-10-8-6-4-2/h11-14H,3-10,15-16H2,1-2H3. The molecule has 0 unspecified atom stereocenters. The highest BCUT2D eigenvalue weighted by Crippen LogP contribution is 2.27. The van der Waals surface area contributed by atoms with Crippen LogP contribution in [0.1, 0.15) is 78.1 Å². The molecule has 0 spiro atoms. The maximum Gasteiger partial charge on any atom is 0.311 e. The van der Waals surface area contributed by atoms with Crippen LogP contribution in [0.15, 0.2) is 24.3 Å². The van der Waals surface area contributed by atoms with E-state index in [1.807, 2.05) is 0 Å². The molecular formula is C20H30O4. The van der Waals surface area contributed by atoms with Crippen LogP contribution in [0.5, 0.6) is 11.5 Å². The fraction of sp³-hybridized carbons (Fsp3) is 0.600. The molecule has 0 saturated heterocycles. The molecule has 0 radical (unpaired) electrons. The van der Waals surface area contributed by atoms with Crippen LogP contribution >= 0.6 is 0 Å². The molecule has 1 aromatic carbocycles. The molecule has 0 aliphatic carbocycles. The molecule has 0 N–H and O–H groups in total. The first-order valence-corrected chi connectivity index (χ1v) is 9.17. The summed E-state index contributed by atoms with van der Waals surface area (Å²) in [6.45, 7) is 4.26. The van der Waals surface area contributed by atoms with Crippen molar-refractivity contribution in [2.45, 2.75) is 78.1 Å². The summed E-state index contributed by atoms with van der Waals surface area (Å²) in [5, 5.41) is 0. The lowest BCUT2D eigenvalue weighted by Crippen LogP contribution is -2.12. The summed E-state index contributed by atoms with van der Waals surface area (Å²) in [4.78, 5) is 23.8. The molecule has 1 rings (SSSR count). The average molecular weight is 334 g/mol. The monoisotopic (exact) mass is 334 g/mol. The van der Waals surface area contributed by atoms with Crippen molar-refractivity contribution in [3.63, 3.8) is 0 Å². The minimum atomic E-state index is -0.280. The number of ether oxygens (including phenoxy) is 2. The van der Waals surface area contributed by atoms with Gasteiger partial charge in [-0.2, -0.15) is 0 Å².